The molecule has 1 aromatic heterocycles. The molecule has 0 spiro atoms. The van der Waals surface area contributed by atoms with Crippen LogP contribution in [-0.4, -0.2) is 43.2 Å². The standard InChI is InChI=1S/C19H25FN2O2/c1-3-16-15(20)11-14-12-18(23-2)19(13-17(14)21-16)24-10-6-9-22-7-4-5-8-22/h11-13H,3-10H2,1-2H3. The van der Waals surface area contributed by atoms with Crippen LogP contribution in [0.25, 0.3) is 10.9 Å². The lowest BCUT2D eigenvalue weighted by Crippen LogP contribution is -2.21. The molecule has 2 aromatic rings. The molecule has 0 unspecified atom stereocenters. The fourth-order valence-electron chi connectivity index (χ4n) is 3.19. The minimum atomic E-state index is -0.272. The van der Waals surface area contributed by atoms with Crippen molar-refractivity contribution in [2.24, 2.45) is 0 Å². The quantitative estimate of drug-likeness (QED) is 0.722. The Morgan fingerprint density at radius 1 is 1.17 bits per heavy atom. The number of likely N-dealkylation sites (tertiary alicyclic amines) is 1. The van der Waals surface area contributed by atoms with Gasteiger partial charge in [0.05, 0.1) is 24.9 Å². The van der Waals surface area contributed by atoms with Crippen LogP contribution in [0.4, 0.5) is 4.39 Å². The van der Waals surface area contributed by atoms with Gasteiger partial charge in [0, 0.05) is 18.0 Å². The number of hydrogen-bond acceptors (Lipinski definition) is 4. The fourth-order valence-corrected chi connectivity index (χ4v) is 3.19. The number of aromatic nitrogens is 1. The van der Waals surface area contributed by atoms with E-state index in [4.69, 9.17) is 9.47 Å². The van der Waals surface area contributed by atoms with Crippen LogP contribution in [0.2, 0.25) is 0 Å². The van der Waals surface area contributed by atoms with Crippen LogP contribution in [0.1, 0.15) is 31.9 Å². The van der Waals surface area contributed by atoms with Gasteiger partial charge in [-0.25, -0.2) is 9.37 Å². The third kappa shape index (κ3) is 3.78. The summed E-state index contributed by atoms with van der Waals surface area (Å²) >= 11 is 0. The molecule has 130 valence electrons. The number of benzene rings is 1. The summed E-state index contributed by atoms with van der Waals surface area (Å²) in [6, 6.07) is 5.16. The van der Waals surface area contributed by atoms with E-state index >= 15 is 0 Å². The Hall–Kier alpha value is -1.88. The first-order valence-corrected chi connectivity index (χ1v) is 8.73. The Morgan fingerprint density at radius 2 is 1.96 bits per heavy atom. The van der Waals surface area contributed by atoms with E-state index in [1.807, 2.05) is 13.0 Å². The van der Waals surface area contributed by atoms with Crippen molar-refractivity contribution >= 4 is 10.9 Å². The monoisotopic (exact) mass is 332 g/mol. The number of nitrogens with zero attached hydrogens (tertiary/aromatic N) is 2. The Bertz CT molecular complexity index is 699. The third-order valence-corrected chi connectivity index (χ3v) is 4.54. The zero-order valence-electron chi connectivity index (χ0n) is 14.5. The summed E-state index contributed by atoms with van der Waals surface area (Å²) in [4.78, 5) is 6.87. The van der Waals surface area contributed by atoms with E-state index in [1.165, 1.54) is 32.0 Å². The average molecular weight is 332 g/mol. The van der Waals surface area contributed by atoms with Gasteiger partial charge in [0.2, 0.25) is 0 Å². The molecule has 4 nitrogen and oxygen atoms in total. The maximum atomic E-state index is 13.9. The van der Waals surface area contributed by atoms with Crippen LogP contribution in [0, 0.1) is 5.82 Å². The molecule has 0 saturated carbocycles. The maximum Gasteiger partial charge on any atom is 0.163 e. The third-order valence-electron chi connectivity index (χ3n) is 4.54. The van der Waals surface area contributed by atoms with E-state index in [1.54, 1.807) is 13.2 Å². The van der Waals surface area contributed by atoms with Crippen molar-refractivity contribution < 1.29 is 13.9 Å². The SMILES string of the molecule is CCc1nc2cc(OCCCN3CCCC3)c(OC)cc2cc1F. The van der Waals surface area contributed by atoms with Crippen molar-refractivity contribution in [3.05, 3.63) is 29.7 Å². The Kier molecular flexibility index (Phi) is 5.51. The number of aryl methyl sites for hydroxylation is 1. The lowest BCUT2D eigenvalue weighted by molar-refractivity contribution is 0.254. The lowest BCUT2D eigenvalue weighted by atomic mass is 10.1. The molecule has 3 rings (SSSR count). The number of fused-ring (bicyclic) bond motifs is 1. The minimum Gasteiger partial charge on any atom is -0.493 e. The molecule has 1 aromatic carbocycles. The van der Waals surface area contributed by atoms with Gasteiger partial charge < -0.3 is 14.4 Å². The zero-order chi connectivity index (χ0) is 16.9. The van der Waals surface area contributed by atoms with E-state index in [0.717, 1.165) is 23.9 Å². The smallest absolute Gasteiger partial charge is 0.163 e. The van der Waals surface area contributed by atoms with Gasteiger partial charge in [-0.15, -0.1) is 0 Å². The van der Waals surface area contributed by atoms with Gasteiger partial charge in [-0.3, -0.25) is 0 Å². The van der Waals surface area contributed by atoms with Crippen molar-refractivity contribution in [3.63, 3.8) is 0 Å². The zero-order valence-corrected chi connectivity index (χ0v) is 14.5. The second-order valence-corrected chi connectivity index (χ2v) is 6.22. The first-order chi connectivity index (χ1) is 11.7. The van der Waals surface area contributed by atoms with Crippen molar-refractivity contribution in [1.29, 1.82) is 0 Å². The maximum absolute atomic E-state index is 13.9. The second kappa shape index (κ2) is 7.79. The lowest BCUT2D eigenvalue weighted by Gasteiger charge is -2.16. The molecular weight excluding hydrogens is 307 g/mol. The number of hydrogen-bond donors (Lipinski definition) is 0. The Balaban J connectivity index is 1.71. The molecule has 24 heavy (non-hydrogen) atoms. The highest BCUT2D eigenvalue weighted by Crippen LogP contribution is 2.32. The molecule has 0 aliphatic carbocycles. The summed E-state index contributed by atoms with van der Waals surface area (Å²) < 4.78 is 25.2. The Labute approximate surface area is 142 Å². The van der Waals surface area contributed by atoms with E-state index < -0.39 is 0 Å². The highest BCUT2D eigenvalue weighted by atomic mass is 19.1. The molecule has 1 fully saturated rings. The summed E-state index contributed by atoms with van der Waals surface area (Å²) in [5.74, 6) is 1.02. The van der Waals surface area contributed by atoms with Crippen LogP contribution >= 0.6 is 0 Å². The fraction of sp³-hybridized carbons (Fsp3) is 0.526. The van der Waals surface area contributed by atoms with Crippen molar-refractivity contribution in [3.8, 4) is 11.5 Å². The van der Waals surface area contributed by atoms with E-state index in [0.29, 0.717) is 30.2 Å². The number of pyridine rings is 1. The van der Waals surface area contributed by atoms with Crippen LogP contribution in [-0.2, 0) is 6.42 Å². The highest BCUT2D eigenvalue weighted by Gasteiger charge is 2.13. The van der Waals surface area contributed by atoms with Gasteiger partial charge in [0.25, 0.3) is 0 Å². The Morgan fingerprint density at radius 3 is 2.67 bits per heavy atom. The van der Waals surface area contributed by atoms with E-state index in [-0.39, 0.29) is 5.82 Å². The first kappa shape index (κ1) is 17.0. The summed E-state index contributed by atoms with van der Waals surface area (Å²) in [5.41, 5.74) is 1.22. The van der Waals surface area contributed by atoms with Crippen LogP contribution < -0.4 is 9.47 Å². The summed E-state index contributed by atoms with van der Waals surface area (Å²) in [6.07, 6.45) is 4.17. The molecule has 1 aliphatic heterocycles. The molecule has 0 atom stereocenters. The van der Waals surface area contributed by atoms with Gasteiger partial charge in [-0.1, -0.05) is 6.92 Å². The molecule has 1 aliphatic rings. The molecule has 0 amide bonds. The van der Waals surface area contributed by atoms with Gasteiger partial charge in [0.1, 0.15) is 5.82 Å². The molecule has 0 radical (unpaired) electrons. The van der Waals surface area contributed by atoms with Crippen molar-refractivity contribution in [2.45, 2.75) is 32.6 Å². The highest BCUT2D eigenvalue weighted by molar-refractivity contribution is 5.83. The predicted molar refractivity (Wildman–Crippen MR) is 93.4 cm³/mol. The van der Waals surface area contributed by atoms with Crippen molar-refractivity contribution in [1.82, 2.24) is 9.88 Å². The largest absolute Gasteiger partial charge is 0.493 e. The molecule has 5 heteroatoms. The molecule has 0 N–H and O–H groups in total. The van der Waals surface area contributed by atoms with E-state index in [2.05, 4.69) is 9.88 Å². The van der Waals surface area contributed by atoms with Gasteiger partial charge in [0.15, 0.2) is 11.5 Å². The molecular formula is C19H25FN2O2. The summed E-state index contributed by atoms with van der Waals surface area (Å²) in [6.45, 7) is 6.01. The number of rotatable bonds is 7. The van der Waals surface area contributed by atoms with Crippen LogP contribution in [0.15, 0.2) is 18.2 Å². The second-order valence-electron chi connectivity index (χ2n) is 6.22. The average Bonchev–Trinajstić information content (AvgIpc) is 3.11. The van der Waals surface area contributed by atoms with Crippen molar-refractivity contribution in [2.75, 3.05) is 33.4 Å². The van der Waals surface area contributed by atoms with E-state index in [9.17, 15) is 4.39 Å². The van der Waals surface area contributed by atoms with Crippen LogP contribution in [0.3, 0.4) is 0 Å². The predicted octanol–water partition coefficient (Wildman–Crippen LogP) is 3.81. The van der Waals surface area contributed by atoms with Crippen LogP contribution in [0.5, 0.6) is 11.5 Å². The summed E-state index contributed by atoms with van der Waals surface area (Å²) in [7, 11) is 1.60. The normalized spacial score (nSPS) is 15.1. The van der Waals surface area contributed by atoms with Gasteiger partial charge in [-0.05, 0) is 50.9 Å². The molecule has 0 bridgehead atoms. The van der Waals surface area contributed by atoms with Gasteiger partial charge in [-0.2, -0.15) is 0 Å². The molecule has 2 heterocycles. The first-order valence-electron chi connectivity index (χ1n) is 8.73. The minimum absolute atomic E-state index is 0.272. The van der Waals surface area contributed by atoms with Gasteiger partial charge >= 0.3 is 0 Å². The number of halogens is 1. The summed E-state index contributed by atoms with van der Waals surface area (Å²) in [5, 5.41) is 0.728. The number of ether oxygens (including phenoxy) is 2. The topological polar surface area (TPSA) is 34.6 Å². The molecule has 1 saturated heterocycles. The number of methoxy groups -OCH3 is 1.